The summed E-state index contributed by atoms with van der Waals surface area (Å²) in [5, 5.41) is 19.2. The van der Waals surface area contributed by atoms with Crippen LogP contribution in [-0.4, -0.2) is 18.6 Å². The predicted octanol–water partition coefficient (Wildman–Crippen LogP) is 5.58. The third kappa shape index (κ3) is 4.53. The second-order valence-corrected chi connectivity index (χ2v) is 11.3. The molecule has 2 aromatic carbocycles. The molecule has 0 atom stereocenters. The molecule has 0 aliphatic carbocycles. The van der Waals surface area contributed by atoms with E-state index in [0.717, 1.165) is 36.4 Å². The quantitative estimate of drug-likeness (QED) is 0.545. The molecule has 25 heavy (non-hydrogen) atoms. The average Bonchev–Trinajstić information content (AvgIpc) is 2.44. The number of aromatic hydroxyl groups is 2. The van der Waals surface area contributed by atoms with E-state index in [1.165, 1.54) is 0 Å². The number of alkyl halides is 6. The highest BCUT2D eigenvalue weighted by atomic mass is 35.6. The van der Waals surface area contributed by atoms with Gasteiger partial charge in [-0.3, -0.25) is 0 Å². The van der Waals surface area contributed by atoms with Crippen LogP contribution >= 0.6 is 69.6 Å². The fourth-order valence-corrected chi connectivity index (χ4v) is 5.07. The van der Waals surface area contributed by atoms with Crippen LogP contribution in [0.15, 0.2) is 46.2 Å². The van der Waals surface area contributed by atoms with Gasteiger partial charge in [0.2, 0.25) is 17.4 Å². The first-order valence-corrected chi connectivity index (χ1v) is 10.0. The molecule has 0 aromatic heterocycles. The number of rotatable bonds is 2. The average molecular weight is 485 g/mol. The summed E-state index contributed by atoms with van der Waals surface area (Å²) < 4.78 is 21.9. The Hall–Kier alpha value is -0.270. The molecular formula is C14H8Cl6O4S. The lowest BCUT2D eigenvalue weighted by Gasteiger charge is -2.20. The number of phenols is 2. The van der Waals surface area contributed by atoms with Gasteiger partial charge in [0.05, 0.1) is 9.79 Å². The molecule has 11 heteroatoms. The van der Waals surface area contributed by atoms with E-state index in [-0.39, 0.29) is 22.6 Å². The summed E-state index contributed by atoms with van der Waals surface area (Å²) >= 11 is 34.9. The number of benzene rings is 2. The van der Waals surface area contributed by atoms with E-state index >= 15 is 0 Å². The van der Waals surface area contributed by atoms with Crippen LogP contribution in [0.4, 0.5) is 0 Å². The van der Waals surface area contributed by atoms with E-state index in [4.69, 9.17) is 69.6 Å². The van der Waals surface area contributed by atoms with Crippen LogP contribution in [0.5, 0.6) is 11.5 Å². The molecule has 136 valence electrons. The normalized spacial score (nSPS) is 13.0. The summed E-state index contributed by atoms with van der Waals surface area (Å²) in [6, 6.07) is 6.38. The van der Waals surface area contributed by atoms with Gasteiger partial charge < -0.3 is 10.2 Å². The molecule has 2 N–H and O–H groups in total. The SMILES string of the molecule is O=S(=O)(c1ccc(O)cc1C(Cl)(Cl)Cl)c1ccc(O)cc1C(Cl)(Cl)Cl. The van der Waals surface area contributed by atoms with Crippen LogP contribution in [0.1, 0.15) is 11.1 Å². The first-order valence-electron chi connectivity index (χ1n) is 6.30. The Balaban J connectivity index is 2.83. The molecule has 0 aliphatic heterocycles. The Labute approximate surface area is 173 Å². The maximum atomic E-state index is 13.1. The minimum absolute atomic E-state index is 0.277. The molecule has 0 bridgehead atoms. The van der Waals surface area contributed by atoms with Crippen molar-refractivity contribution in [3.63, 3.8) is 0 Å². The van der Waals surface area contributed by atoms with Gasteiger partial charge in [-0.15, -0.1) is 0 Å². The van der Waals surface area contributed by atoms with E-state index in [0.29, 0.717) is 0 Å². The molecule has 0 amide bonds. The molecule has 2 aromatic rings. The van der Waals surface area contributed by atoms with Gasteiger partial charge in [-0.1, -0.05) is 69.6 Å². The van der Waals surface area contributed by atoms with Crippen molar-refractivity contribution in [3.05, 3.63) is 47.5 Å². The highest BCUT2D eigenvalue weighted by Crippen LogP contribution is 2.47. The van der Waals surface area contributed by atoms with Gasteiger partial charge in [-0.05, 0) is 36.4 Å². The summed E-state index contributed by atoms with van der Waals surface area (Å²) in [7, 11) is -4.33. The second kappa shape index (κ2) is 7.04. The van der Waals surface area contributed by atoms with Gasteiger partial charge in [0.25, 0.3) is 0 Å². The molecule has 0 spiro atoms. The van der Waals surface area contributed by atoms with Crippen molar-refractivity contribution in [2.24, 2.45) is 0 Å². The fraction of sp³-hybridized carbons (Fsp3) is 0.143. The van der Waals surface area contributed by atoms with Crippen LogP contribution in [-0.2, 0) is 17.4 Å². The van der Waals surface area contributed by atoms with Crippen molar-refractivity contribution in [2.75, 3.05) is 0 Å². The Morgan fingerprint density at radius 3 is 1.28 bits per heavy atom. The smallest absolute Gasteiger partial charge is 0.217 e. The first-order chi connectivity index (χ1) is 11.2. The molecule has 0 radical (unpaired) electrons. The largest absolute Gasteiger partial charge is 0.508 e. The summed E-state index contributed by atoms with van der Waals surface area (Å²) in [5.41, 5.74) is -0.554. The minimum atomic E-state index is -4.33. The van der Waals surface area contributed by atoms with E-state index < -0.39 is 27.2 Å². The fourth-order valence-electron chi connectivity index (χ4n) is 2.07. The van der Waals surface area contributed by atoms with Crippen LogP contribution in [0, 0.1) is 0 Å². The summed E-state index contributed by atoms with van der Waals surface area (Å²) in [5.74, 6) is -0.597. The highest BCUT2D eigenvalue weighted by molar-refractivity contribution is 7.91. The zero-order chi connectivity index (χ0) is 19.2. The van der Waals surface area contributed by atoms with Gasteiger partial charge in [0.1, 0.15) is 11.5 Å². The Bertz CT molecular complexity index is 846. The van der Waals surface area contributed by atoms with Gasteiger partial charge in [-0.25, -0.2) is 8.42 Å². The van der Waals surface area contributed by atoms with Gasteiger partial charge in [-0.2, -0.15) is 0 Å². The molecule has 0 aliphatic rings. The molecule has 0 heterocycles. The van der Waals surface area contributed by atoms with Crippen molar-refractivity contribution in [3.8, 4) is 11.5 Å². The molecule has 0 saturated carbocycles. The molecule has 2 rings (SSSR count). The van der Waals surface area contributed by atoms with Gasteiger partial charge in [0.15, 0.2) is 0 Å². The Morgan fingerprint density at radius 1 is 0.680 bits per heavy atom. The number of hydrogen-bond donors (Lipinski definition) is 2. The number of phenolic OH excluding ortho intramolecular Hbond substituents is 2. The van der Waals surface area contributed by atoms with Crippen LogP contribution in [0.2, 0.25) is 0 Å². The number of halogens is 6. The lowest BCUT2D eigenvalue weighted by Crippen LogP contribution is -2.15. The highest BCUT2D eigenvalue weighted by Gasteiger charge is 2.37. The first kappa shape index (κ1) is 21.0. The van der Waals surface area contributed by atoms with Crippen molar-refractivity contribution < 1.29 is 18.6 Å². The minimum Gasteiger partial charge on any atom is -0.508 e. The third-order valence-electron chi connectivity index (χ3n) is 3.12. The maximum Gasteiger partial charge on any atom is 0.217 e. The number of hydrogen-bond acceptors (Lipinski definition) is 4. The zero-order valence-electron chi connectivity index (χ0n) is 11.9. The summed E-state index contributed by atoms with van der Waals surface area (Å²) in [6.07, 6.45) is 0. The second-order valence-electron chi connectivity index (χ2n) is 4.86. The zero-order valence-corrected chi connectivity index (χ0v) is 17.2. The van der Waals surface area contributed by atoms with Crippen molar-refractivity contribution >= 4 is 79.4 Å². The monoisotopic (exact) mass is 482 g/mol. The standard InChI is InChI=1S/C14H8Cl6O4S/c15-13(16,17)9-5-7(21)1-3-11(9)25(23,24)12-4-2-8(22)6-10(12)14(18,19)20/h1-6,21-22H. The van der Waals surface area contributed by atoms with Crippen molar-refractivity contribution in [1.29, 1.82) is 0 Å². The third-order valence-corrected chi connectivity index (χ3v) is 6.21. The molecule has 0 fully saturated rings. The van der Waals surface area contributed by atoms with Gasteiger partial charge in [0, 0.05) is 11.1 Å². The molecule has 0 saturated heterocycles. The molecule has 4 nitrogen and oxygen atoms in total. The topological polar surface area (TPSA) is 74.6 Å². The van der Waals surface area contributed by atoms with E-state index in [2.05, 4.69) is 0 Å². The lowest BCUT2D eigenvalue weighted by atomic mass is 10.2. The maximum absolute atomic E-state index is 13.1. The molecular weight excluding hydrogens is 477 g/mol. The van der Waals surface area contributed by atoms with Crippen molar-refractivity contribution in [1.82, 2.24) is 0 Å². The Morgan fingerprint density at radius 2 is 1.00 bits per heavy atom. The van der Waals surface area contributed by atoms with Crippen LogP contribution in [0.25, 0.3) is 0 Å². The van der Waals surface area contributed by atoms with Crippen molar-refractivity contribution in [2.45, 2.75) is 17.4 Å². The van der Waals surface area contributed by atoms with E-state index in [1.54, 1.807) is 0 Å². The van der Waals surface area contributed by atoms with Crippen LogP contribution in [0.3, 0.4) is 0 Å². The Kier molecular flexibility index (Phi) is 5.92. The van der Waals surface area contributed by atoms with E-state index in [1.807, 2.05) is 0 Å². The van der Waals surface area contributed by atoms with Crippen LogP contribution < -0.4 is 0 Å². The summed E-state index contributed by atoms with van der Waals surface area (Å²) in [6.45, 7) is 0. The lowest BCUT2D eigenvalue weighted by molar-refractivity contribution is 0.473. The number of sulfone groups is 1. The molecule has 0 unspecified atom stereocenters. The van der Waals surface area contributed by atoms with E-state index in [9.17, 15) is 18.6 Å². The van der Waals surface area contributed by atoms with Gasteiger partial charge >= 0.3 is 0 Å². The summed E-state index contributed by atoms with van der Waals surface area (Å²) in [4.78, 5) is -0.794. The predicted molar refractivity (Wildman–Crippen MR) is 100 cm³/mol.